The van der Waals surface area contributed by atoms with E-state index >= 15 is 14.0 Å². The fourth-order valence-corrected chi connectivity index (χ4v) is 9.98. The highest BCUT2D eigenvalue weighted by Gasteiger charge is 2.68. The molecule has 288 valence electrons. The van der Waals surface area contributed by atoms with Gasteiger partial charge in [0, 0.05) is 28.7 Å². The second-order valence-corrected chi connectivity index (χ2v) is 21.6. The third-order valence-corrected chi connectivity index (χ3v) is 16.9. The number of nitrogens with two attached hydrogens (primary N) is 1. The molecule has 0 spiro atoms. The van der Waals surface area contributed by atoms with Crippen LogP contribution in [0.3, 0.4) is 0 Å². The summed E-state index contributed by atoms with van der Waals surface area (Å²) >= 11 is 0. The molecule has 2 fully saturated rings. The molecule has 1 saturated carbocycles. The van der Waals surface area contributed by atoms with Crippen molar-refractivity contribution in [3.05, 3.63) is 117 Å². The van der Waals surface area contributed by atoms with Crippen molar-refractivity contribution in [3.8, 4) is 11.6 Å². The van der Waals surface area contributed by atoms with Crippen LogP contribution in [-0.2, 0) is 28.9 Å². The predicted octanol–water partition coefficient (Wildman–Crippen LogP) is 8.08. The normalized spacial score (nSPS) is 24.9. The minimum Gasteiger partial charge on any atom is -0.507 e. The molecule has 3 aromatic carbocycles. The first-order valence-corrected chi connectivity index (χ1v) is 22.0. The first-order valence-electron chi connectivity index (χ1n) is 19.1. The van der Waals surface area contributed by atoms with Crippen molar-refractivity contribution in [2.75, 3.05) is 6.54 Å². The standard InChI is InChI=1S/C43H48FN3O7Si/c1-42(2,3)55(4,5)54-43-29(36(45)38-34(40(43)50)41(47-53-38)52-23-25-15-10-7-11-16-25)20-26-19-28-33(37(48)32(26)39(43)49)31(51-22-24-13-8-6-9-14-24)21-27(35(28)44)30-17-12-18-46-30/h6-11,13-16,21,26,29-30,36,46,48H,12,17-20,22-23,45H2,1-5H3/t26-,29-,30?,36-,43?/m0/s1. The highest BCUT2D eigenvalue weighted by atomic mass is 28.4. The number of hydrogen-bond donors (Lipinski definition) is 3. The van der Waals surface area contributed by atoms with Crippen molar-refractivity contribution in [2.45, 2.75) is 95.5 Å². The van der Waals surface area contributed by atoms with Gasteiger partial charge in [-0.25, -0.2) is 4.39 Å². The highest BCUT2D eigenvalue weighted by Crippen LogP contribution is 2.58. The minimum atomic E-state index is -2.94. The molecular weight excluding hydrogens is 718 g/mol. The lowest BCUT2D eigenvalue weighted by Crippen LogP contribution is -2.68. The molecule has 8 rings (SSSR count). The summed E-state index contributed by atoms with van der Waals surface area (Å²) in [6, 6.07) is 19.4. The number of aromatic nitrogens is 1. The number of carbonyl (C=O) groups excluding carboxylic acids is 2. The van der Waals surface area contributed by atoms with Crippen LogP contribution in [0.1, 0.15) is 96.1 Å². The number of Topliss-reactive ketones (excluding diaryl/α,β-unsaturated/α-hetero) is 2. The van der Waals surface area contributed by atoms with Gasteiger partial charge in [0.2, 0.25) is 11.6 Å². The van der Waals surface area contributed by atoms with Gasteiger partial charge in [-0.15, -0.1) is 0 Å². The lowest BCUT2D eigenvalue weighted by molar-refractivity contribution is -0.138. The van der Waals surface area contributed by atoms with Gasteiger partial charge in [0.1, 0.15) is 36.1 Å². The number of nitrogens with zero attached hydrogens (tertiary/aromatic N) is 1. The average molecular weight is 766 g/mol. The molecule has 12 heteroatoms. The highest BCUT2D eigenvalue weighted by molar-refractivity contribution is 6.74. The maximum Gasteiger partial charge on any atom is 0.265 e. The number of aliphatic hydroxyl groups is 1. The number of nitrogens with one attached hydrogen (secondary N) is 1. The summed E-state index contributed by atoms with van der Waals surface area (Å²) in [5.74, 6) is -3.44. The van der Waals surface area contributed by atoms with Crippen LogP contribution in [0.2, 0.25) is 18.1 Å². The lowest BCUT2D eigenvalue weighted by atomic mass is 9.57. The van der Waals surface area contributed by atoms with E-state index in [0.29, 0.717) is 5.56 Å². The third kappa shape index (κ3) is 6.14. The van der Waals surface area contributed by atoms with Gasteiger partial charge in [-0.1, -0.05) is 81.4 Å². The Hall–Kier alpha value is -4.62. The molecule has 2 heterocycles. The summed E-state index contributed by atoms with van der Waals surface area (Å²) in [6.45, 7) is 11.0. The fraction of sp³-hybridized carbons (Fsp3) is 0.419. The smallest absolute Gasteiger partial charge is 0.265 e. The van der Waals surface area contributed by atoms with Crippen LogP contribution < -0.4 is 20.5 Å². The first kappa shape index (κ1) is 37.3. The van der Waals surface area contributed by atoms with E-state index in [0.717, 1.165) is 30.5 Å². The van der Waals surface area contributed by atoms with Crippen molar-refractivity contribution >= 4 is 25.6 Å². The van der Waals surface area contributed by atoms with Gasteiger partial charge in [-0.2, -0.15) is 0 Å². The molecule has 1 aliphatic heterocycles. The van der Waals surface area contributed by atoms with Crippen LogP contribution in [0.15, 0.2) is 76.8 Å². The Bertz CT molecular complexity index is 2180. The molecule has 2 unspecified atom stereocenters. The molecule has 1 saturated heterocycles. The van der Waals surface area contributed by atoms with Gasteiger partial charge >= 0.3 is 0 Å². The number of ether oxygens (including phenoxy) is 2. The summed E-state index contributed by atoms with van der Waals surface area (Å²) in [5, 5.41) is 19.5. The van der Waals surface area contributed by atoms with Crippen LogP contribution in [0.4, 0.5) is 4.39 Å². The lowest BCUT2D eigenvalue weighted by Gasteiger charge is -2.53. The van der Waals surface area contributed by atoms with Crippen molar-refractivity contribution in [3.63, 3.8) is 0 Å². The quantitative estimate of drug-likeness (QED) is 0.113. The second-order valence-electron chi connectivity index (χ2n) is 16.8. The Labute approximate surface area is 321 Å². The molecule has 10 nitrogen and oxygen atoms in total. The first-order chi connectivity index (χ1) is 26.2. The van der Waals surface area contributed by atoms with Gasteiger partial charge < -0.3 is 34.6 Å². The van der Waals surface area contributed by atoms with E-state index in [-0.39, 0.29) is 71.8 Å². The van der Waals surface area contributed by atoms with Crippen molar-refractivity contribution in [1.29, 1.82) is 0 Å². The number of carbonyl (C=O) groups is 2. The topological polar surface area (TPSA) is 146 Å². The summed E-state index contributed by atoms with van der Waals surface area (Å²) in [7, 11) is -2.94. The number of halogens is 1. The number of benzene rings is 3. The Morgan fingerprint density at radius 2 is 1.65 bits per heavy atom. The minimum absolute atomic E-state index is 0.0189. The molecule has 4 aromatic rings. The van der Waals surface area contributed by atoms with Crippen molar-refractivity contribution < 1.29 is 37.5 Å². The molecule has 4 N–H and O–H groups in total. The Morgan fingerprint density at radius 1 is 1.00 bits per heavy atom. The molecule has 0 amide bonds. The molecular formula is C43H48FN3O7Si. The molecule has 55 heavy (non-hydrogen) atoms. The number of aliphatic hydroxyl groups excluding tert-OH is 1. The summed E-state index contributed by atoms with van der Waals surface area (Å²) in [4.78, 5) is 30.8. The summed E-state index contributed by atoms with van der Waals surface area (Å²) in [6.07, 6.45) is 1.90. The van der Waals surface area contributed by atoms with Gasteiger partial charge in [0.15, 0.2) is 19.7 Å². The zero-order valence-electron chi connectivity index (χ0n) is 31.9. The van der Waals surface area contributed by atoms with Gasteiger partial charge in [0.25, 0.3) is 5.88 Å². The van der Waals surface area contributed by atoms with E-state index in [1.54, 1.807) is 6.07 Å². The molecule has 5 atom stereocenters. The fourth-order valence-electron chi connectivity index (χ4n) is 8.54. The van der Waals surface area contributed by atoms with E-state index in [9.17, 15) is 5.11 Å². The Morgan fingerprint density at radius 3 is 2.27 bits per heavy atom. The Balaban J connectivity index is 1.28. The number of hydrogen-bond acceptors (Lipinski definition) is 10. The van der Waals surface area contributed by atoms with E-state index < -0.39 is 60.0 Å². The van der Waals surface area contributed by atoms with E-state index in [4.69, 9.17) is 24.2 Å². The molecule has 1 aromatic heterocycles. The predicted molar refractivity (Wildman–Crippen MR) is 207 cm³/mol. The van der Waals surface area contributed by atoms with E-state index in [1.807, 2.05) is 94.5 Å². The maximum absolute atomic E-state index is 16.8. The third-order valence-electron chi connectivity index (χ3n) is 12.4. The maximum atomic E-state index is 16.8. The zero-order valence-corrected chi connectivity index (χ0v) is 32.9. The van der Waals surface area contributed by atoms with Gasteiger partial charge in [0.05, 0.1) is 11.6 Å². The van der Waals surface area contributed by atoms with Crippen LogP contribution in [0.25, 0.3) is 5.76 Å². The second kappa shape index (κ2) is 13.8. The SMILES string of the molecule is CC(C)(C)[Si](C)(C)OC12C(=O)C3=C(O)c4c(OCc5ccccc5)cc(C5CCCN5)c(F)c4C[C@H]3C[C@H]1[C@H](N)c1onc(OCc3ccccc3)c1C2=O. The van der Waals surface area contributed by atoms with Gasteiger partial charge in [-0.3, -0.25) is 9.59 Å². The number of fused-ring (bicyclic) bond motifs is 4. The summed E-state index contributed by atoms with van der Waals surface area (Å²) in [5.41, 5.74) is 7.48. The van der Waals surface area contributed by atoms with Crippen molar-refractivity contribution in [1.82, 2.24) is 10.5 Å². The van der Waals surface area contributed by atoms with E-state index in [1.165, 1.54) is 0 Å². The largest absolute Gasteiger partial charge is 0.507 e. The Kier molecular flexibility index (Phi) is 9.39. The van der Waals surface area contributed by atoms with Crippen molar-refractivity contribution in [2.24, 2.45) is 17.6 Å². The van der Waals surface area contributed by atoms with E-state index in [2.05, 4.69) is 10.5 Å². The molecule has 0 radical (unpaired) electrons. The number of ketones is 2. The van der Waals surface area contributed by atoms with Crippen LogP contribution in [-0.4, -0.2) is 42.3 Å². The molecule has 4 aliphatic rings. The zero-order chi connectivity index (χ0) is 38.9. The summed E-state index contributed by atoms with van der Waals surface area (Å²) < 4.78 is 42.1. The molecule has 3 aliphatic carbocycles. The molecule has 0 bridgehead atoms. The van der Waals surface area contributed by atoms with Crippen LogP contribution >= 0.6 is 0 Å². The van der Waals surface area contributed by atoms with Gasteiger partial charge in [-0.05, 0) is 78.6 Å². The monoisotopic (exact) mass is 765 g/mol. The van der Waals surface area contributed by atoms with Crippen LogP contribution in [0.5, 0.6) is 11.6 Å². The van der Waals surface area contributed by atoms with Crippen LogP contribution in [0, 0.1) is 17.7 Å². The average Bonchev–Trinajstić information content (AvgIpc) is 3.85. The number of rotatable bonds is 9.